The number of halogens is 1. The molecule has 1 aliphatic rings. The van der Waals surface area contributed by atoms with Gasteiger partial charge in [0.05, 0.1) is 11.5 Å². The van der Waals surface area contributed by atoms with Gasteiger partial charge in [0.1, 0.15) is 17.6 Å². The molecule has 4 heteroatoms. The van der Waals surface area contributed by atoms with E-state index in [0.717, 1.165) is 38.2 Å². The summed E-state index contributed by atoms with van der Waals surface area (Å²) in [5.74, 6) is -0.857. The van der Waals surface area contributed by atoms with Crippen molar-refractivity contribution in [3.05, 3.63) is 29.6 Å². The number of benzene rings is 1. The molecule has 0 bridgehead atoms. The van der Waals surface area contributed by atoms with Crippen LogP contribution in [0.5, 0.6) is 5.75 Å². The van der Waals surface area contributed by atoms with Gasteiger partial charge in [-0.15, -0.1) is 0 Å². The maximum absolute atomic E-state index is 13.3. The minimum absolute atomic E-state index is 0.0486. The summed E-state index contributed by atoms with van der Waals surface area (Å²) < 4.78 is 18.5. The molecular weight excluding hydrogens is 233 g/mol. The average molecular weight is 247 g/mol. The Morgan fingerprint density at radius 2 is 2.06 bits per heavy atom. The minimum Gasteiger partial charge on any atom is -0.426 e. The molecule has 0 radical (unpaired) electrons. The third kappa shape index (κ3) is 2.86. The number of esters is 1. The zero-order chi connectivity index (χ0) is 13.0. The fraction of sp³-hybridized carbons (Fsp3) is 0.429. The standard InChI is InChI=1S/C14H14FNO2/c15-13-8-12(7-6-11(13)9-16)18-14(17)10-4-2-1-3-5-10/h6-8,10H,1-5H2. The summed E-state index contributed by atoms with van der Waals surface area (Å²) in [6.45, 7) is 0. The highest BCUT2D eigenvalue weighted by molar-refractivity contribution is 5.75. The van der Waals surface area contributed by atoms with E-state index in [9.17, 15) is 9.18 Å². The van der Waals surface area contributed by atoms with Crippen molar-refractivity contribution in [3.8, 4) is 11.8 Å². The molecule has 0 aromatic heterocycles. The lowest BCUT2D eigenvalue weighted by Gasteiger charge is -2.19. The van der Waals surface area contributed by atoms with Gasteiger partial charge in [-0.05, 0) is 25.0 Å². The van der Waals surface area contributed by atoms with E-state index in [1.807, 2.05) is 0 Å². The van der Waals surface area contributed by atoms with Gasteiger partial charge in [-0.2, -0.15) is 5.26 Å². The number of ether oxygens (including phenoxy) is 1. The van der Waals surface area contributed by atoms with Crippen molar-refractivity contribution >= 4 is 5.97 Å². The van der Waals surface area contributed by atoms with Crippen LogP contribution in [0.25, 0.3) is 0 Å². The van der Waals surface area contributed by atoms with Crippen LogP contribution in [0.1, 0.15) is 37.7 Å². The van der Waals surface area contributed by atoms with Gasteiger partial charge >= 0.3 is 5.97 Å². The van der Waals surface area contributed by atoms with E-state index in [4.69, 9.17) is 10.00 Å². The molecule has 0 unspecified atom stereocenters. The fourth-order valence-corrected chi connectivity index (χ4v) is 2.19. The summed E-state index contributed by atoms with van der Waals surface area (Å²) in [7, 11) is 0. The number of hydrogen-bond acceptors (Lipinski definition) is 3. The van der Waals surface area contributed by atoms with E-state index in [0.29, 0.717) is 0 Å². The summed E-state index contributed by atoms with van der Waals surface area (Å²) >= 11 is 0. The minimum atomic E-state index is -0.661. The largest absolute Gasteiger partial charge is 0.426 e. The molecule has 0 saturated heterocycles. The molecule has 1 aromatic carbocycles. The van der Waals surface area contributed by atoms with Crippen molar-refractivity contribution in [1.82, 2.24) is 0 Å². The summed E-state index contributed by atoms with van der Waals surface area (Å²) in [6, 6.07) is 5.57. The molecule has 0 atom stereocenters. The topological polar surface area (TPSA) is 50.1 Å². The van der Waals surface area contributed by atoms with Crippen LogP contribution in [-0.4, -0.2) is 5.97 Å². The summed E-state index contributed by atoms with van der Waals surface area (Å²) in [4.78, 5) is 11.8. The maximum atomic E-state index is 13.3. The van der Waals surface area contributed by atoms with Gasteiger partial charge in [0.2, 0.25) is 0 Å². The molecular formula is C14H14FNO2. The van der Waals surface area contributed by atoms with E-state index >= 15 is 0 Å². The van der Waals surface area contributed by atoms with Gasteiger partial charge in [-0.1, -0.05) is 19.3 Å². The molecule has 1 aliphatic carbocycles. The Hall–Kier alpha value is -1.89. The predicted molar refractivity (Wildman–Crippen MR) is 63.3 cm³/mol. The molecule has 1 fully saturated rings. The maximum Gasteiger partial charge on any atom is 0.314 e. The fourth-order valence-electron chi connectivity index (χ4n) is 2.19. The van der Waals surface area contributed by atoms with Crippen LogP contribution in [0, 0.1) is 23.1 Å². The van der Waals surface area contributed by atoms with Gasteiger partial charge in [0.15, 0.2) is 0 Å². The Kier molecular flexibility index (Phi) is 3.93. The predicted octanol–water partition coefficient (Wildman–Crippen LogP) is 3.18. The zero-order valence-corrected chi connectivity index (χ0v) is 9.99. The van der Waals surface area contributed by atoms with Crippen molar-refractivity contribution in [2.24, 2.45) is 5.92 Å². The lowest BCUT2D eigenvalue weighted by atomic mass is 9.89. The van der Waals surface area contributed by atoms with Gasteiger partial charge in [-0.25, -0.2) is 4.39 Å². The number of carbonyl (C=O) groups is 1. The Bertz CT molecular complexity index is 487. The van der Waals surface area contributed by atoms with Gasteiger partial charge < -0.3 is 4.74 Å². The van der Waals surface area contributed by atoms with Gasteiger partial charge in [0, 0.05) is 6.07 Å². The van der Waals surface area contributed by atoms with Gasteiger partial charge in [-0.3, -0.25) is 4.79 Å². The van der Waals surface area contributed by atoms with Crippen LogP contribution < -0.4 is 4.74 Å². The second-order valence-corrected chi connectivity index (χ2v) is 4.51. The van der Waals surface area contributed by atoms with Crippen molar-refractivity contribution < 1.29 is 13.9 Å². The number of rotatable bonds is 2. The molecule has 0 amide bonds. The Morgan fingerprint density at radius 3 is 2.67 bits per heavy atom. The van der Waals surface area contributed by atoms with Crippen molar-refractivity contribution in [3.63, 3.8) is 0 Å². The first kappa shape index (κ1) is 12.6. The van der Waals surface area contributed by atoms with Crippen molar-refractivity contribution in [2.75, 3.05) is 0 Å². The molecule has 1 saturated carbocycles. The van der Waals surface area contributed by atoms with Gasteiger partial charge in [0.25, 0.3) is 0 Å². The Labute approximate surface area is 105 Å². The molecule has 0 N–H and O–H groups in total. The van der Waals surface area contributed by atoms with E-state index in [2.05, 4.69) is 0 Å². The quantitative estimate of drug-likeness (QED) is 0.595. The molecule has 2 rings (SSSR count). The second kappa shape index (κ2) is 5.63. The smallest absolute Gasteiger partial charge is 0.314 e. The van der Waals surface area contributed by atoms with Crippen LogP contribution >= 0.6 is 0 Å². The Morgan fingerprint density at radius 1 is 1.33 bits per heavy atom. The first-order chi connectivity index (χ1) is 8.70. The number of nitrogens with zero attached hydrogens (tertiary/aromatic N) is 1. The lowest BCUT2D eigenvalue weighted by molar-refractivity contribution is -0.139. The van der Waals surface area contributed by atoms with E-state index in [1.165, 1.54) is 12.1 Å². The van der Waals surface area contributed by atoms with Crippen LogP contribution in [0.15, 0.2) is 18.2 Å². The molecule has 94 valence electrons. The Balaban J connectivity index is 2.02. The van der Waals surface area contributed by atoms with E-state index in [-0.39, 0.29) is 23.2 Å². The third-order valence-corrected chi connectivity index (χ3v) is 3.22. The number of nitriles is 1. The molecule has 3 nitrogen and oxygen atoms in total. The van der Waals surface area contributed by atoms with Crippen LogP contribution in [-0.2, 0) is 4.79 Å². The average Bonchev–Trinajstić information content (AvgIpc) is 2.40. The summed E-state index contributed by atoms with van der Waals surface area (Å²) in [6.07, 6.45) is 4.94. The highest BCUT2D eigenvalue weighted by Gasteiger charge is 2.23. The first-order valence-corrected chi connectivity index (χ1v) is 6.12. The van der Waals surface area contributed by atoms with Crippen LogP contribution in [0.3, 0.4) is 0 Å². The molecule has 18 heavy (non-hydrogen) atoms. The molecule has 0 spiro atoms. The monoisotopic (exact) mass is 247 g/mol. The first-order valence-electron chi connectivity index (χ1n) is 6.12. The summed E-state index contributed by atoms with van der Waals surface area (Å²) in [5.41, 5.74) is -0.0486. The van der Waals surface area contributed by atoms with Crippen LogP contribution in [0.4, 0.5) is 4.39 Å². The SMILES string of the molecule is N#Cc1ccc(OC(=O)C2CCCCC2)cc1F. The highest BCUT2D eigenvalue weighted by Crippen LogP contribution is 2.26. The van der Waals surface area contributed by atoms with Crippen LogP contribution in [0.2, 0.25) is 0 Å². The summed E-state index contributed by atoms with van der Waals surface area (Å²) in [5, 5.41) is 8.60. The van der Waals surface area contributed by atoms with Crippen molar-refractivity contribution in [1.29, 1.82) is 5.26 Å². The van der Waals surface area contributed by atoms with E-state index in [1.54, 1.807) is 6.07 Å². The number of hydrogen-bond donors (Lipinski definition) is 0. The van der Waals surface area contributed by atoms with Crippen molar-refractivity contribution in [2.45, 2.75) is 32.1 Å². The normalized spacial score (nSPS) is 16.0. The number of carbonyl (C=O) groups excluding carboxylic acids is 1. The lowest BCUT2D eigenvalue weighted by Crippen LogP contribution is -2.22. The third-order valence-electron chi connectivity index (χ3n) is 3.22. The molecule has 0 heterocycles. The zero-order valence-electron chi connectivity index (χ0n) is 9.99. The highest BCUT2D eigenvalue weighted by atomic mass is 19.1. The van der Waals surface area contributed by atoms with E-state index < -0.39 is 5.82 Å². The second-order valence-electron chi connectivity index (χ2n) is 4.51. The molecule has 0 aliphatic heterocycles. The molecule has 1 aromatic rings.